The molecule has 3 aromatic rings. The van der Waals surface area contributed by atoms with Crippen molar-refractivity contribution in [3.8, 4) is 23.1 Å². The van der Waals surface area contributed by atoms with E-state index in [-0.39, 0.29) is 17.3 Å². The Morgan fingerprint density at radius 3 is 2.36 bits per heavy atom. The predicted octanol–water partition coefficient (Wildman–Crippen LogP) is 1.64. The number of benzene rings is 1. The van der Waals surface area contributed by atoms with E-state index in [1.165, 1.54) is 32.2 Å². The van der Waals surface area contributed by atoms with Crippen LogP contribution in [0.5, 0.6) is 17.2 Å². The molecule has 0 unspecified atom stereocenters. The van der Waals surface area contributed by atoms with Crippen LogP contribution in [0.25, 0.3) is 5.82 Å². The fourth-order valence-corrected chi connectivity index (χ4v) is 3.61. The van der Waals surface area contributed by atoms with Gasteiger partial charge < -0.3 is 19.9 Å². The second-order valence-corrected chi connectivity index (χ2v) is 7.69. The molecule has 0 aliphatic carbocycles. The summed E-state index contributed by atoms with van der Waals surface area (Å²) in [4.78, 5) is 15.3. The zero-order valence-electron chi connectivity index (χ0n) is 21.0. The summed E-state index contributed by atoms with van der Waals surface area (Å²) in [6.45, 7) is 6.20. The Balaban J connectivity index is 1.89. The molecule has 1 amide bonds. The van der Waals surface area contributed by atoms with Crippen molar-refractivity contribution in [2.75, 3.05) is 40.2 Å². The highest BCUT2D eigenvalue weighted by atomic mass is 16.6. The van der Waals surface area contributed by atoms with Crippen molar-refractivity contribution < 1.29 is 23.6 Å². The molecule has 36 heavy (non-hydrogen) atoms. The summed E-state index contributed by atoms with van der Waals surface area (Å²) in [6.07, 6.45) is 3.31. The molecular weight excluding hydrogens is 470 g/mol. The monoisotopic (exact) mass is 501 g/mol. The first-order valence-corrected chi connectivity index (χ1v) is 11.4. The minimum atomic E-state index is -0.560. The zero-order chi connectivity index (χ0) is 26.1. The normalized spacial score (nSPS) is 11.3. The maximum atomic E-state index is 13.1. The number of aromatic nitrogens is 5. The van der Waals surface area contributed by atoms with E-state index in [9.17, 15) is 4.79 Å². The molecule has 2 heterocycles. The van der Waals surface area contributed by atoms with Crippen molar-refractivity contribution in [3.05, 3.63) is 29.1 Å². The molecule has 2 aromatic heterocycles. The molecule has 0 fully saturated rings. The Labute approximate surface area is 208 Å². The van der Waals surface area contributed by atoms with Crippen LogP contribution in [0.15, 0.2) is 21.9 Å². The van der Waals surface area contributed by atoms with Crippen molar-refractivity contribution in [2.24, 2.45) is 5.10 Å². The van der Waals surface area contributed by atoms with E-state index in [1.54, 1.807) is 12.1 Å². The number of nitrogens with zero attached hydrogens (tertiary/aromatic N) is 7. The lowest BCUT2D eigenvalue weighted by Crippen LogP contribution is -2.28. The Kier molecular flexibility index (Phi) is 9.16. The molecule has 3 rings (SSSR count). The van der Waals surface area contributed by atoms with Crippen molar-refractivity contribution in [3.63, 3.8) is 0 Å². The molecular formula is C22H31N9O5. The van der Waals surface area contributed by atoms with Gasteiger partial charge in [0.1, 0.15) is 5.75 Å². The number of nitrogens with one attached hydrogen (secondary N) is 1. The predicted molar refractivity (Wildman–Crippen MR) is 131 cm³/mol. The lowest BCUT2D eigenvalue weighted by molar-refractivity contribution is 0.0947. The van der Waals surface area contributed by atoms with Crippen LogP contribution in [0, 0.1) is 0 Å². The highest BCUT2D eigenvalue weighted by molar-refractivity contribution is 5.94. The fourth-order valence-electron chi connectivity index (χ4n) is 3.61. The van der Waals surface area contributed by atoms with E-state index in [0.717, 1.165) is 25.9 Å². The summed E-state index contributed by atoms with van der Waals surface area (Å²) in [7, 11) is 4.57. The van der Waals surface area contributed by atoms with Gasteiger partial charge in [-0.15, -0.1) is 5.10 Å². The van der Waals surface area contributed by atoms with Crippen molar-refractivity contribution >= 4 is 17.9 Å². The molecule has 0 radical (unpaired) electrons. The molecule has 14 heteroatoms. The Bertz CT molecular complexity index is 1180. The summed E-state index contributed by atoms with van der Waals surface area (Å²) in [6, 6.07) is 3.35. The van der Waals surface area contributed by atoms with Crippen LogP contribution in [-0.2, 0) is 6.54 Å². The summed E-state index contributed by atoms with van der Waals surface area (Å²) in [5.74, 6) is 1.10. The molecule has 0 spiro atoms. The van der Waals surface area contributed by atoms with E-state index in [0.29, 0.717) is 35.1 Å². The minimum Gasteiger partial charge on any atom is -0.496 e. The minimum absolute atomic E-state index is 0.0317. The van der Waals surface area contributed by atoms with Gasteiger partial charge in [-0.2, -0.15) is 9.78 Å². The number of nitrogens with two attached hydrogens (primary N) is 1. The molecule has 1 aromatic carbocycles. The smallest absolute Gasteiger partial charge is 0.293 e. The van der Waals surface area contributed by atoms with Crippen molar-refractivity contribution in [2.45, 2.75) is 33.2 Å². The maximum absolute atomic E-state index is 13.1. The summed E-state index contributed by atoms with van der Waals surface area (Å²) >= 11 is 0. The van der Waals surface area contributed by atoms with E-state index in [2.05, 4.69) is 49.9 Å². The molecule has 0 bridgehead atoms. The standard InChI is InChI=1S/C22H31N9O5/c1-6-8-30(9-7-2)13-15-19(25-29-31(15)21-20(23)27-36-28-21)22(32)26-24-12-14-10-17(34-4)18(35-5)11-16(14)33-3/h10-12H,6-9,13H2,1-5H3,(H2,23,27)(H,26,32). The first kappa shape index (κ1) is 26.4. The van der Waals surface area contributed by atoms with Gasteiger partial charge in [-0.05, 0) is 42.3 Å². The number of amides is 1. The number of rotatable bonds is 13. The zero-order valence-corrected chi connectivity index (χ0v) is 21.0. The van der Waals surface area contributed by atoms with E-state index in [4.69, 9.17) is 24.6 Å². The van der Waals surface area contributed by atoms with Crippen LogP contribution in [0.2, 0.25) is 0 Å². The van der Waals surface area contributed by atoms with Gasteiger partial charge in [0, 0.05) is 18.2 Å². The van der Waals surface area contributed by atoms with Gasteiger partial charge in [-0.3, -0.25) is 9.69 Å². The van der Waals surface area contributed by atoms with Crippen molar-refractivity contribution in [1.82, 2.24) is 35.6 Å². The number of nitrogen functional groups attached to an aromatic ring is 1. The number of hydrazone groups is 1. The molecule has 0 saturated heterocycles. The number of ether oxygens (including phenoxy) is 3. The molecule has 0 atom stereocenters. The molecule has 14 nitrogen and oxygen atoms in total. The van der Waals surface area contributed by atoms with Crippen LogP contribution in [0.3, 0.4) is 0 Å². The first-order valence-electron chi connectivity index (χ1n) is 11.4. The van der Waals surface area contributed by atoms with Crippen LogP contribution in [0.4, 0.5) is 5.82 Å². The largest absolute Gasteiger partial charge is 0.496 e. The molecule has 0 aliphatic rings. The summed E-state index contributed by atoms with van der Waals surface area (Å²) < 4.78 is 22.1. The quantitative estimate of drug-likeness (QED) is 0.258. The number of hydrogen-bond donors (Lipinski definition) is 2. The highest BCUT2D eigenvalue weighted by Gasteiger charge is 2.25. The summed E-state index contributed by atoms with van der Waals surface area (Å²) in [5, 5.41) is 19.6. The third-order valence-electron chi connectivity index (χ3n) is 5.23. The average Bonchev–Trinajstić information content (AvgIpc) is 3.49. The fraction of sp³-hybridized carbons (Fsp3) is 0.455. The van der Waals surface area contributed by atoms with Crippen molar-refractivity contribution in [1.29, 1.82) is 0 Å². The lowest BCUT2D eigenvalue weighted by atomic mass is 10.2. The van der Waals surface area contributed by atoms with E-state index in [1.807, 2.05) is 0 Å². The maximum Gasteiger partial charge on any atom is 0.293 e. The number of carbonyl (C=O) groups is 1. The van der Waals surface area contributed by atoms with E-state index >= 15 is 0 Å². The van der Waals surface area contributed by atoms with Gasteiger partial charge in [0.15, 0.2) is 17.2 Å². The number of anilines is 1. The Hall–Kier alpha value is -4.20. The molecule has 3 N–H and O–H groups in total. The SMILES string of the molecule is CCCN(CCC)Cc1c(C(=O)NN=Cc2cc(OC)c(OC)cc2OC)nnn1-c1nonc1N. The first-order chi connectivity index (χ1) is 17.5. The van der Waals surface area contributed by atoms with Gasteiger partial charge in [0.25, 0.3) is 5.91 Å². The van der Waals surface area contributed by atoms with Gasteiger partial charge in [-0.1, -0.05) is 19.1 Å². The van der Waals surface area contributed by atoms with Crippen LogP contribution >= 0.6 is 0 Å². The highest BCUT2D eigenvalue weighted by Crippen LogP contribution is 2.33. The average molecular weight is 502 g/mol. The lowest BCUT2D eigenvalue weighted by Gasteiger charge is -2.21. The van der Waals surface area contributed by atoms with Gasteiger partial charge >= 0.3 is 0 Å². The number of hydrogen-bond acceptors (Lipinski definition) is 12. The number of methoxy groups -OCH3 is 3. The van der Waals surface area contributed by atoms with Gasteiger partial charge in [0.2, 0.25) is 11.6 Å². The molecule has 0 aliphatic heterocycles. The third kappa shape index (κ3) is 5.89. The molecule has 0 saturated carbocycles. The molecule has 194 valence electrons. The van der Waals surface area contributed by atoms with E-state index < -0.39 is 5.91 Å². The number of carbonyl (C=O) groups excluding carboxylic acids is 1. The van der Waals surface area contributed by atoms with Gasteiger partial charge in [-0.25, -0.2) is 10.1 Å². The topological polar surface area (TPSA) is 168 Å². The second kappa shape index (κ2) is 12.5. The Morgan fingerprint density at radius 2 is 1.78 bits per heavy atom. The van der Waals surface area contributed by atoms with Crippen LogP contribution < -0.4 is 25.4 Å². The van der Waals surface area contributed by atoms with Gasteiger partial charge in [0.05, 0.1) is 33.2 Å². The Morgan fingerprint density at radius 1 is 1.11 bits per heavy atom. The van der Waals surface area contributed by atoms with Crippen LogP contribution in [-0.4, -0.2) is 76.7 Å². The summed E-state index contributed by atoms with van der Waals surface area (Å²) in [5.41, 5.74) is 9.48. The second-order valence-electron chi connectivity index (χ2n) is 7.69. The third-order valence-corrected chi connectivity index (χ3v) is 5.23. The van der Waals surface area contributed by atoms with Crippen LogP contribution in [0.1, 0.15) is 48.4 Å².